The van der Waals surface area contributed by atoms with Gasteiger partial charge in [0.1, 0.15) is 5.82 Å². The summed E-state index contributed by atoms with van der Waals surface area (Å²) < 4.78 is 39.3. The molecule has 0 saturated carbocycles. The van der Waals surface area contributed by atoms with Crippen LogP contribution in [0.25, 0.3) is 10.9 Å². The molecule has 0 aliphatic rings. The fourth-order valence-corrected chi connectivity index (χ4v) is 4.00. The number of amides is 2. The van der Waals surface area contributed by atoms with Gasteiger partial charge in [0, 0.05) is 18.5 Å². The van der Waals surface area contributed by atoms with Gasteiger partial charge in [0.05, 0.1) is 28.2 Å². The molecule has 1 aromatic heterocycles. The van der Waals surface area contributed by atoms with Crippen LogP contribution in [-0.4, -0.2) is 43.1 Å². The number of likely N-dealkylation sites (N-methyl/N-ethyl adjacent to an activating group) is 1. The van der Waals surface area contributed by atoms with Gasteiger partial charge in [-0.25, -0.2) is 12.8 Å². The minimum absolute atomic E-state index is 0.0618. The predicted molar refractivity (Wildman–Crippen MR) is 113 cm³/mol. The van der Waals surface area contributed by atoms with Gasteiger partial charge < -0.3 is 0 Å². The van der Waals surface area contributed by atoms with Gasteiger partial charge in [0.25, 0.3) is 11.8 Å². The summed E-state index contributed by atoms with van der Waals surface area (Å²) in [5.74, 6) is -1.79. The van der Waals surface area contributed by atoms with Crippen molar-refractivity contribution in [3.05, 3.63) is 71.2 Å². The number of pyridine rings is 1. The maximum atomic E-state index is 13.3. The van der Waals surface area contributed by atoms with Crippen molar-refractivity contribution in [1.29, 1.82) is 0 Å². The Bertz CT molecular complexity index is 1260. The lowest BCUT2D eigenvalue weighted by Gasteiger charge is -2.17. The first-order valence-corrected chi connectivity index (χ1v) is 10.7. The molecule has 3 rings (SSSR count). The third-order valence-corrected chi connectivity index (χ3v) is 6.44. The van der Waals surface area contributed by atoms with Gasteiger partial charge in [-0.2, -0.15) is 4.31 Å². The summed E-state index contributed by atoms with van der Waals surface area (Å²) in [6.07, 6.45) is 0. The number of aryl methyl sites for hydroxylation is 2. The molecular weight excluding hydrogens is 423 g/mol. The van der Waals surface area contributed by atoms with E-state index in [1.54, 1.807) is 19.1 Å². The molecule has 0 atom stereocenters. The summed E-state index contributed by atoms with van der Waals surface area (Å²) in [5.41, 5.74) is 6.30. The lowest BCUT2D eigenvalue weighted by molar-refractivity contribution is -0.121. The van der Waals surface area contributed by atoms with E-state index in [0.717, 1.165) is 9.87 Å². The molecule has 2 aromatic carbocycles. The first kappa shape index (κ1) is 22.3. The molecule has 2 amide bonds. The number of rotatable bonds is 5. The number of hydrogen-bond donors (Lipinski definition) is 2. The standard InChI is InChI=1S/C21H21FN4O4S/c1-13-4-8-17(9-5-13)31(29,30)26(3)12-20(27)24-25-21(28)18-10-15-6-7-16(22)11-19(15)23-14(18)2/h4-11H,12H2,1-3H3,(H,24,27)(H,25,28). The molecule has 0 aliphatic heterocycles. The number of hydrazine groups is 1. The number of benzene rings is 2. The number of carbonyl (C=O) groups is 2. The van der Waals surface area contributed by atoms with Crippen molar-refractivity contribution in [3.63, 3.8) is 0 Å². The van der Waals surface area contributed by atoms with Gasteiger partial charge in [-0.15, -0.1) is 0 Å². The van der Waals surface area contributed by atoms with Gasteiger partial charge in [-0.05, 0) is 44.2 Å². The van der Waals surface area contributed by atoms with Crippen molar-refractivity contribution in [2.75, 3.05) is 13.6 Å². The van der Waals surface area contributed by atoms with Crippen molar-refractivity contribution in [3.8, 4) is 0 Å². The molecule has 1 heterocycles. The van der Waals surface area contributed by atoms with Gasteiger partial charge in [-0.1, -0.05) is 17.7 Å². The summed E-state index contributed by atoms with van der Waals surface area (Å²) in [4.78, 5) is 28.9. The van der Waals surface area contributed by atoms with Crippen molar-refractivity contribution in [2.24, 2.45) is 0 Å². The number of carbonyl (C=O) groups excluding carboxylic acids is 2. The highest BCUT2D eigenvalue weighted by molar-refractivity contribution is 7.89. The number of sulfonamides is 1. The van der Waals surface area contributed by atoms with Crippen LogP contribution in [-0.2, 0) is 14.8 Å². The number of aromatic nitrogens is 1. The molecule has 2 N–H and O–H groups in total. The van der Waals surface area contributed by atoms with E-state index in [1.807, 2.05) is 6.92 Å². The molecule has 0 unspecified atom stereocenters. The van der Waals surface area contributed by atoms with Crippen LogP contribution in [0.15, 0.2) is 53.4 Å². The molecule has 10 heteroatoms. The number of nitrogens with one attached hydrogen (secondary N) is 2. The van der Waals surface area contributed by atoms with Gasteiger partial charge in [0.15, 0.2) is 0 Å². The van der Waals surface area contributed by atoms with Crippen LogP contribution < -0.4 is 10.9 Å². The molecule has 0 saturated heterocycles. The van der Waals surface area contributed by atoms with Crippen molar-refractivity contribution in [1.82, 2.24) is 20.1 Å². The van der Waals surface area contributed by atoms with Gasteiger partial charge in [0.2, 0.25) is 10.0 Å². The van der Waals surface area contributed by atoms with E-state index in [0.29, 0.717) is 16.6 Å². The van der Waals surface area contributed by atoms with Crippen LogP contribution in [0.4, 0.5) is 4.39 Å². The van der Waals surface area contributed by atoms with Crippen molar-refractivity contribution >= 4 is 32.7 Å². The highest BCUT2D eigenvalue weighted by Crippen LogP contribution is 2.18. The highest BCUT2D eigenvalue weighted by Gasteiger charge is 2.23. The van der Waals surface area contributed by atoms with Crippen LogP contribution in [0.3, 0.4) is 0 Å². The number of halogens is 1. The Hall–Kier alpha value is -3.37. The number of nitrogens with zero attached hydrogens (tertiary/aromatic N) is 2. The van der Waals surface area contributed by atoms with Crippen LogP contribution in [0.1, 0.15) is 21.6 Å². The minimum atomic E-state index is -3.86. The van der Waals surface area contributed by atoms with Crippen molar-refractivity contribution < 1.29 is 22.4 Å². The molecule has 0 aliphatic carbocycles. The summed E-state index contributed by atoms with van der Waals surface area (Å²) in [7, 11) is -2.59. The molecule has 0 radical (unpaired) electrons. The Morgan fingerprint density at radius 2 is 1.71 bits per heavy atom. The quantitative estimate of drug-likeness (QED) is 0.586. The Morgan fingerprint density at radius 1 is 1.03 bits per heavy atom. The largest absolute Gasteiger partial charge is 0.272 e. The molecule has 0 fully saturated rings. The van der Waals surface area contributed by atoms with Gasteiger partial charge >= 0.3 is 0 Å². The molecule has 31 heavy (non-hydrogen) atoms. The summed E-state index contributed by atoms with van der Waals surface area (Å²) in [6.45, 7) is 2.93. The molecule has 0 spiro atoms. The van der Waals surface area contributed by atoms with E-state index in [4.69, 9.17) is 0 Å². The summed E-state index contributed by atoms with van der Waals surface area (Å²) in [5, 5.41) is 0.562. The zero-order valence-corrected chi connectivity index (χ0v) is 18.0. The van der Waals surface area contributed by atoms with Crippen LogP contribution in [0, 0.1) is 19.7 Å². The van der Waals surface area contributed by atoms with Crippen LogP contribution in [0.2, 0.25) is 0 Å². The van der Waals surface area contributed by atoms with E-state index < -0.39 is 34.2 Å². The zero-order chi connectivity index (χ0) is 22.8. The highest BCUT2D eigenvalue weighted by atomic mass is 32.2. The molecule has 162 valence electrons. The first-order chi connectivity index (χ1) is 14.6. The van der Waals surface area contributed by atoms with Crippen LogP contribution >= 0.6 is 0 Å². The average Bonchev–Trinajstić information content (AvgIpc) is 2.71. The first-order valence-electron chi connectivity index (χ1n) is 9.27. The second kappa shape index (κ2) is 8.78. The summed E-state index contributed by atoms with van der Waals surface area (Å²) in [6, 6.07) is 11.8. The van der Waals surface area contributed by atoms with Gasteiger partial charge in [-0.3, -0.25) is 25.4 Å². The number of hydrogen-bond acceptors (Lipinski definition) is 5. The lowest BCUT2D eigenvalue weighted by atomic mass is 10.1. The van der Waals surface area contributed by atoms with E-state index >= 15 is 0 Å². The smallest absolute Gasteiger partial charge is 0.271 e. The topological polar surface area (TPSA) is 108 Å². The Morgan fingerprint density at radius 3 is 2.39 bits per heavy atom. The SMILES string of the molecule is Cc1ccc(S(=O)(=O)N(C)CC(=O)NNC(=O)c2cc3ccc(F)cc3nc2C)cc1. The maximum Gasteiger partial charge on any atom is 0.271 e. The molecule has 3 aromatic rings. The second-order valence-corrected chi connectivity index (χ2v) is 9.08. The predicted octanol–water partition coefficient (Wildman–Crippen LogP) is 2.07. The Labute approximate surface area is 179 Å². The number of fused-ring (bicyclic) bond motifs is 1. The zero-order valence-electron chi connectivity index (χ0n) is 17.1. The molecule has 8 nitrogen and oxygen atoms in total. The molecular formula is C21H21FN4O4S. The Balaban J connectivity index is 1.64. The lowest BCUT2D eigenvalue weighted by Crippen LogP contribution is -2.46. The van der Waals surface area contributed by atoms with Crippen molar-refractivity contribution in [2.45, 2.75) is 18.7 Å². The maximum absolute atomic E-state index is 13.3. The average molecular weight is 444 g/mol. The monoisotopic (exact) mass is 444 g/mol. The normalized spacial score (nSPS) is 11.5. The minimum Gasteiger partial charge on any atom is -0.272 e. The third kappa shape index (κ3) is 5.04. The van der Waals surface area contributed by atoms with E-state index in [-0.39, 0.29) is 10.5 Å². The van der Waals surface area contributed by atoms with E-state index in [2.05, 4.69) is 15.8 Å². The third-order valence-electron chi connectivity index (χ3n) is 4.63. The molecule has 0 bridgehead atoms. The van der Waals surface area contributed by atoms with E-state index in [9.17, 15) is 22.4 Å². The fourth-order valence-electron chi connectivity index (χ4n) is 2.88. The Kier molecular flexibility index (Phi) is 6.32. The van der Waals surface area contributed by atoms with Crippen LogP contribution in [0.5, 0.6) is 0 Å². The second-order valence-electron chi connectivity index (χ2n) is 7.03. The summed E-state index contributed by atoms with van der Waals surface area (Å²) >= 11 is 0. The van der Waals surface area contributed by atoms with E-state index in [1.165, 1.54) is 43.4 Å². The fraction of sp³-hybridized carbons (Fsp3) is 0.190.